The second kappa shape index (κ2) is 6.03. The second-order valence-corrected chi connectivity index (χ2v) is 3.67. The number of carbonyl (C=O) groups excluding carboxylic acids is 2. The molecule has 0 aromatic carbocycles. The molecule has 6 heteroatoms. The molecule has 1 aromatic rings. The Morgan fingerprint density at radius 3 is 2.76 bits per heavy atom. The van der Waals surface area contributed by atoms with E-state index in [0.29, 0.717) is 18.8 Å². The lowest BCUT2D eigenvalue weighted by molar-refractivity contribution is -0.143. The maximum atomic E-state index is 11.9. The van der Waals surface area contributed by atoms with Crippen LogP contribution in [0.4, 0.5) is 0 Å². The number of aromatic nitrogens is 2. The van der Waals surface area contributed by atoms with Gasteiger partial charge < -0.3 is 14.2 Å². The average Bonchev–Trinajstić information content (AvgIpc) is 2.71. The van der Waals surface area contributed by atoms with E-state index in [2.05, 4.69) is 4.98 Å². The number of imidazole rings is 1. The molecule has 0 aliphatic heterocycles. The Morgan fingerprint density at radius 1 is 1.53 bits per heavy atom. The molecule has 1 aromatic heterocycles. The zero-order valence-electron chi connectivity index (χ0n) is 10.3. The van der Waals surface area contributed by atoms with Crippen molar-refractivity contribution in [2.45, 2.75) is 13.3 Å². The van der Waals surface area contributed by atoms with Crippen LogP contribution >= 0.6 is 0 Å². The summed E-state index contributed by atoms with van der Waals surface area (Å²) in [4.78, 5) is 28.4. The zero-order chi connectivity index (χ0) is 12.8. The molecule has 0 unspecified atom stereocenters. The summed E-state index contributed by atoms with van der Waals surface area (Å²) in [6.07, 6.45) is 3.27. The quantitative estimate of drug-likeness (QED) is 0.700. The SMILES string of the molecule is CCOC(=O)CCN(C)C(=O)c1cncn1C. The van der Waals surface area contributed by atoms with E-state index in [0.717, 1.165) is 0 Å². The number of hydrogen-bond acceptors (Lipinski definition) is 4. The lowest BCUT2D eigenvalue weighted by Crippen LogP contribution is -2.30. The highest BCUT2D eigenvalue weighted by molar-refractivity contribution is 5.92. The summed E-state index contributed by atoms with van der Waals surface area (Å²) >= 11 is 0. The maximum absolute atomic E-state index is 11.9. The fraction of sp³-hybridized carbons (Fsp3) is 0.545. The minimum absolute atomic E-state index is 0.158. The summed E-state index contributed by atoms with van der Waals surface area (Å²) in [6, 6.07) is 0. The van der Waals surface area contributed by atoms with Gasteiger partial charge in [-0.15, -0.1) is 0 Å². The van der Waals surface area contributed by atoms with Gasteiger partial charge in [-0.3, -0.25) is 9.59 Å². The Labute approximate surface area is 100 Å². The lowest BCUT2D eigenvalue weighted by atomic mass is 10.3. The molecule has 0 saturated carbocycles. The molecular formula is C11H17N3O3. The topological polar surface area (TPSA) is 64.4 Å². The molecule has 6 nitrogen and oxygen atoms in total. The van der Waals surface area contributed by atoms with Crippen LogP contribution in [0, 0.1) is 0 Å². The van der Waals surface area contributed by atoms with E-state index < -0.39 is 0 Å². The summed E-state index contributed by atoms with van der Waals surface area (Å²) in [5, 5.41) is 0. The van der Waals surface area contributed by atoms with E-state index in [1.54, 1.807) is 31.9 Å². The molecule has 0 aliphatic carbocycles. The Kier molecular flexibility index (Phi) is 4.68. The molecule has 94 valence electrons. The van der Waals surface area contributed by atoms with Crippen molar-refractivity contribution in [1.82, 2.24) is 14.5 Å². The number of carbonyl (C=O) groups is 2. The molecule has 1 amide bonds. The normalized spacial score (nSPS) is 10.1. The molecule has 0 fully saturated rings. The minimum Gasteiger partial charge on any atom is -0.466 e. The van der Waals surface area contributed by atoms with Gasteiger partial charge in [0.15, 0.2) is 0 Å². The van der Waals surface area contributed by atoms with Gasteiger partial charge in [-0.1, -0.05) is 0 Å². The molecule has 0 spiro atoms. The van der Waals surface area contributed by atoms with Crippen LogP contribution in [0.5, 0.6) is 0 Å². The molecule has 17 heavy (non-hydrogen) atoms. The molecule has 0 saturated heterocycles. The maximum Gasteiger partial charge on any atom is 0.307 e. The highest BCUT2D eigenvalue weighted by Crippen LogP contribution is 2.02. The van der Waals surface area contributed by atoms with E-state index in [-0.39, 0.29) is 18.3 Å². The van der Waals surface area contributed by atoms with Gasteiger partial charge >= 0.3 is 5.97 Å². The van der Waals surface area contributed by atoms with Crippen LogP contribution in [0.2, 0.25) is 0 Å². The Balaban J connectivity index is 2.48. The van der Waals surface area contributed by atoms with Gasteiger partial charge in [-0.2, -0.15) is 0 Å². The van der Waals surface area contributed by atoms with Gasteiger partial charge in [-0.05, 0) is 6.92 Å². The fourth-order valence-electron chi connectivity index (χ4n) is 1.35. The van der Waals surface area contributed by atoms with Crippen LogP contribution in [0.1, 0.15) is 23.8 Å². The average molecular weight is 239 g/mol. The molecule has 0 radical (unpaired) electrons. The summed E-state index contributed by atoms with van der Waals surface area (Å²) < 4.78 is 6.43. The first-order valence-electron chi connectivity index (χ1n) is 5.43. The van der Waals surface area contributed by atoms with Crippen molar-refractivity contribution in [3.05, 3.63) is 18.2 Å². The van der Waals surface area contributed by atoms with Crippen LogP contribution in [0.25, 0.3) is 0 Å². The summed E-state index contributed by atoms with van der Waals surface area (Å²) in [7, 11) is 3.40. The first-order valence-corrected chi connectivity index (χ1v) is 5.43. The summed E-state index contributed by atoms with van der Waals surface area (Å²) in [6.45, 7) is 2.45. The molecule has 0 aliphatic rings. The minimum atomic E-state index is -0.294. The number of esters is 1. The highest BCUT2D eigenvalue weighted by atomic mass is 16.5. The van der Waals surface area contributed by atoms with Gasteiger partial charge in [0.1, 0.15) is 5.69 Å². The van der Waals surface area contributed by atoms with Crippen LogP contribution < -0.4 is 0 Å². The number of rotatable bonds is 5. The Hall–Kier alpha value is -1.85. The van der Waals surface area contributed by atoms with Crippen molar-refractivity contribution >= 4 is 11.9 Å². The monoisotopic (exact) mass is 239 g/mol. The third-order valence-electron chi connectivity index (χ3n) is 2.34. The molecule has 0 atom stereocenters. The number of nitrogens with zero attached hydrogens (tertiary/aromatic N) is 3. The lowest BCUT2D eigenvalue weighted by Gasteiger charge is -2.16. The van der Waals surface area contributed by atoms with Crippen LogP contribution in [-0.2, 0) is 16.6 Å². The van der Waals surface area contributed by atoms with Gasteiger partial charge in [0.05, 0.1) is 25.6 Å². The van der Waals surface area contributed by atoms with Crippen LogP contribution in [0.15, 0.2) is 12.5 Å². The van der Waals surface area contributed by atoms with Gasteiger partial charge in [0, 0.05) is 20.6 Å². The second-order valence-electron chi connectivity index (χ2n) is 3.67. The van der Waals surface area contributed by atoms with Crippen LogP contribution in [0.3, 0.4) is 0 Å². The highest BCUT2D eigenvalue weighted by Gasteiger charge is 2.15. The van der Waals surface area contributed by atoms with Crippen molar-refractivity contribution in [2.75, 3.05) is 20.2 Å². The van der Waals surface area contributed by atoms with E-state index >= 15 is 0 Å². The number of ether oxygens (including phenoxy) is 1. The van der Waals surface area contributed by atoms with Crippen molar-refractivity contribution in [3.8, 4) is 0 Å². The van der Waals surface area contributed by atoms with Gasteiger partial charge in [-0.25, -0.2) is 4.98 Å². The van der Waals surface area contributed by atoms with E-state index in [4.69, 9.17) is 4.74 Å². The van der Waals surface area contributed by atoms with Crippen molar-refractivity contribution in [3.63, 3.8) is 0 Å². The van der Waals surface area contributed by atoms with Gasteiger partial charge in [0.2, 0.25) is 0 Å². The molecule has 0 bridgehead atoms. The van der Waals surface area contributed by atoms with E-state index in [1.165, 1.54) is 11.1 Å². The molecule has 1 rings (SSSR count). The molecular weight excluding hydrogens is 222 g/mol. The molecule has 1 heterocycles. The summed E-state index contributed by atoms with van der Waals surface area (Å²) in [5.41, 5.74) is 0.497. The zero-order valence-corrected chi connectivity index (χ0v) is 10.3. The third-order valence-corrected chi connectivity index (χ3v) is 2.34. The van der Waals surface area contributed by atoms with Gasteiger partial charge in [0.25, 0.3) is 5.91 Å². The van der Waals surface area contributed by atoms with E-state index in [1.807, 2.05) is 0 Å². The van der Waals surface area contributed by atoms with Crippen LogP contribution in [-0.4, -0.2) is 46.5 Å². The first kappa shape index (κ1) is 13.2. The standard InChI is InChI=1S/C11H17N3O3/c1-4-17-10(15)5-6-13(2)11(16)9-7-12-8-14(9)3/h7-8H,4-6H2,1-3H3. The third kappa shape index (κ3) is 3.58. The first-order chi connectivity index (χ1) is 8.06. The van der Waals surface area contributed by atoms with Crippen molar-refractivity contribution in [1.29, 1.82) is 0 Å². The number of amides is 1. The predicted octanol–water partition coefficient (Wildman–Crippen LogP) is 0.445. The predicted molar refractivity (Wildman–Crippen MR) is 61.4 cm³/mol. The smallest absolute Gasteiger partial charge is 0.307 e. The largest absolute Gasteiger partial charge is 0.466 e. The number of hydrogen-bond donors (Lipinski definition) is 0. The van der Waals surface area contributed by atoms with E-state index in [9.17, 15) is 9.59 Å². The fourth-order valence-corrected chi connectivity index (χ4v) is 1.35. The molecule has 0 N–H and O–H groups in total. The Morgan fingerprint density at radius 2 is 2.24 bits per heavy atom. The Bertz CT molecular complexity index is 400. The van der Waals surface area contributed by atoms with Crippen molar-refractivity contribution < 1.29 is 14.3 Å². The van der Waals surface area contributed by atoms with Crippen molar-refractivity contribution in [2.24, 2.45) is 7.05 Å². The number of aryl methyl sites for hydroxylation is 1. The summed E-state index contributed by atoms with van der Waals surface area (Å²) in [5.74, 6) is -0.452.